The fraction of sp³-hybridized carbons (Fsp3) is 0.400. The first-order chi connectivity index (χ1) is 13.5. The number of fused-ring (bicyclic) bond motifs is 1. The maximum atomic E-state index is 12.8. The van der Waals surface area contributed by atoms with Crippen molar-refractivity contribution in [2.24, 2.45) is 0 Å². The number of carbonyl (C=O) groups is 2. The second-order valence-electron chi connectivity index (χ2n) is 7.15. The molecular formula is C20H23N5O2S. The summed E-state index contributed by atoms with van der Waals surface area (Å²) < 4.78 is 1.85. The summed E-state index contributed by atoms with van der Waals surface area (Å²) in [5.74, 6) is 0.232. The van der Waals surface area contributed by atoms with Crippen LogP contribution >= 0.6 is 11.3 Å². The second-order valence-corrected chi connectivity index (χ2v) is 8.26. The molecule has 0 unspecified atom stereocenters. The summed E-state index contributed by atoms with van der Waals surface area (Å²) in [6, 6.07) is 5.90. The Hall–Kier alpha value is -2.74. The minimum absolute atomic E-state index is 0.0572. The number of likely N-dealkylation sites (tertiary alicyclic amines) is 1. The van der Waals surface area contributed by atoms with Gasteiger partial charge in [0.2, 0.25) is 5.91 Å². The third kappa shape index (κ3) is 3.64. The molecule has 2 amide bonds. The highest BCUT2D eigenvalue weighted by atomic mass is 32.1. The van der Waals surface area contributed by atoms with E-state index in [4.69, 9.17) is 5.10 Å². The molecule has 146 valence electrons. The molecule has 7 nitrogen and oxygen atoms in total. The van der Waals surface area contributed by atoms with Gasteiger partial charge in [0.05, 0.1) is 17.8 Å². The van der Waals surface area contributed by atoms with Crippen LogP contribution in [0.2, 0.25) is 0 Å². The monoisotopic (exact) mass is 397 g/mol. The number of rotatable bonds is 5. The van der Waals surface area contributed by atoms with Crippen LogP contribution in [0.1, 0.15) is 40.2 Å². The van der Waals surface area contributed by atoms with Gasteiger partial charge in [0.1, 0.15) is 0 Å². The zero-order chi connectivity index (χ0) is 19.7. The molecule has 3 aromatic rings. The van der Waals surface area contributed by atoms with E-state index in [0.717, 1.165) is 40.1 Å². The van der Waals surface area contributed by atoms with Crippen LogP contribution in [0, 0.1) is 6.92 Å². The lowest BCUT2D eigenvalue weighted by molar-refractivity contribution is -0.118. The van der Waals surface area contributed by atoms with Crippen LogP contribution < -0.4 is 5.32 Å². The number of aromatic nitrogens is 3. The van der Waals surface area contributed by atoms with Gasteiger partial charge in [-0.1, -0.05) is 0 Å². The van der Waals surface area contributed by atoms with E-state index in [2.05, 4.69) is 10.3 Å². The molecule has 0 aromatic carbocycles. The molecule has 1 N–H and O–H groups in total. The standard InChI is InChI=1S/C20H23N5O2S/c1-13-10-16(12-28-13)20(27)24-8-5-15(11-24)18-17-4-3-6-22-19(17)25(23-18)9-7-21-14(2)26/h3-4,6,10,12,15H,5,7-9,11H2,1-2H3,(H,21,26)/t15-/m0/s1. The normalized spacial score (nSPS) is 16.6. The zero-order valence-corrected chi connectivity index (χ0v) is 16.8. The summed E-state index contributed by atoms with van der Waals surface area (Å²) in [6.45, 7) is 6.00. The van der Waals surface area contributed by atoms with Crippen LogP contribution in [0.15, 0.2) is 29.8 Å². The van der Waals surface area contributed by atoms with Crippen molar-refractivity contribution in [1.29, 1.82) is 0 Å². The van der Waals surface area contributed by atoms with Crippen molar-refractivity contribution in [3.8, 4) is 0 Å². The number of pyridine rings is 1. The molecule has 0 aliphatic carbocycles. The predicted octanol–water partition coefficient (Wildman–Crippen LogP) is 2.57. The molecule has 1 saturated heterocycles. The van der Waals surface area contributed by atoms with E-state index in [1.54, 1.807) is 17.5 Å². The smallest absolute Gasteiger partial charge is 0.254 e. The third-order valence-electron chi connectivity index (χ3n) is 5.07. The van der Waals surface area contributed by atoms with E-state index >= 15 is 0 Å². The Labute approximate surface area is 167 Å². The molecule has 8 heteroatoms. The van der Waals surface area contributed by atoms with Crippen molar-refractivity contribution in [3.63, 3.8) is 0 Å². The number of carbonyl (C=O) groups excluding carboxylic acids is 2. The average molecular weight is 398 g/mol. The third-order valence-corrected chi connectivity index (χ3v) is 5.93. The Kier molecular flexibility index (Phi) is 5.13. The SMILES string of the molecule is CC(=O)NCCn1nc([C@H]2CCN(C(=O)c3csc(C)c3)C2)c2cccnc21. The van der Waals surface area contributed by atoms with Crippen LogP contribution in [0.5, 0.6) is 0 Å². The van der Waals surface area contributed by atoms with E-state index < -0.39 is 0 Å². The number of nitrogens with one attached hydrogen (secondary N) is 1. The molecule has 0 spiro atoms. The van der Waals surface area contributed by atoms with Gasteiger partial charge in [-0.25, -0.2) is 9.67 Å². The molecule has 4 rings (SSSR count). The molecule has 1 fully saturated rings. The van der Waals surface area contributed by atoms with Crippen LogP contribution in [-0.2, 0) is 11.3 Å². The van der Waals surface area contributed by atoms with Gasteiger partial charge < -0.3 is 10.2 Å². The summed E-state index contributed by atoms with van der Waals surface area (Å²) in [7, 11) is 0. The van der Waals surface area contributed by atoms with E-state index in [-0.39, 0.29) is 17.7 Å². The van der Waals surface area contributed by atoms with Crippen molar-refractivity contribution in [2.45, 2.75) is 32.7 Å². The Morgan fingerprint density at radius 3 is 3.00 bits per heavy atom. The van der Waals surface area contributed by atoms with Crippen molar-refractivity contribution in [2.75, 3.05) is 19.6 Å². The topological polar surface area (TPSA) is 80.1 Å². The van der Waals surface area contributed by atoms with Gasteiger partial charge in [-0.15, -0.1) is 11.3 Å². The van der Waals surface area contributed by atoms with Crippen molar-refractivity contribution < 1.29 is 9.59 Å². The predicted molar refractivity (Wildman–Crippen MR) is 109 cm³/mol. The highest BCUT2D eigenvalue weighted by molar-refractivity contribution is 7.10. The highest BCUT2D eigenvalue weighted by Gasteiger charge is 2.31. The first kappa shape index (κ1) is 18.6. The summed E-state index contributed by atoms with van der Waals surface area (Å²) in [4.78, 5) is 31.5. The number of amides is 2. The Morgan fingerprint density at radius 1 is 1.39 bits per heavy atom. The van der Waals surface area contributed by atoms with Crippen molar-refractivity contribution in [3.05, 3.63) is 45.9 Å². The minimum Gasteiger partial charge on any atom is -0.354 e. The molecule has 0 radical (unpaired) electrons. The first-order valence-electron chi connectivity index (χ1n) is 9.43. The Morgan fingerprint density at radius 2 is 2.25 bits per heavy atom. The fourth-order valence-electron chi connectivity index (χ4n) is 3.74. The van der Waals surface area contributed by atoms with Crippen LogP contribution in [0.3, 0.4) is 0 Å². The van der Waals surface area contributed by atoms with Gasteiger partial charge in [-0.3, -0.25) is 9.59 Å². The molecule has 1 aliphatic rings. The zero-order valence-electron chi connectivity index (χ0n) is 16.0. The molecule has 0 saturated carbocycles. The molecule has 1 aliphatic heterocycles. The number of hydrogen-bond donors (Lipinski definition) is 1. The van der Waals surface area contributed by atoms with Crippen molar-refractivity contribution in [1.82, 2.24) is 25.0 Å². The van der Waals surface area contributed by atoms with Gasteiger partial charge in [0.25, 0.3) is 5.91 Å². The largest absolute Gasteiger partial charge is 0.354 e. The quantitative estimate of drug-likeness (QED) is 0.718. The number of thiophene rings is 1. The summed E-state index contributed by atoms with van der Waals surface area (Å²) in [5, 5.41) is 10.6. The summed E-state index contributed by atoms with van der Waals surface area (Å²) in [6.07, 6.45) is 2.65. The van der Waals surface area contributed by atoms with E-state index in [0.29, 0.717) is 19.6 Å². The van der Waals surface area contributed by atoms with E-state index in [1.807, 2.05) is 40.1 Å². The molecule has 1 atom stereocenters. The maximum Gasteiger partial charge on any atom is 0.254 e. The number of aryl methyl sites for hydroxylation is 1. The van der Waals surface area contributed by atoms with Crippen LogP contribution in [0.25, 0.3) is 11.0 Å². The van der Waals surface area contributed by atoms with E-state index in [9.17, 15) is 9.59 Å². The van der Waals surface area contributed by atoms with Gasteiger partial charge in [0, 0.05) is 54.3 Å². The average Bonchev–Trinajstić information content (AvgIpc) is 3.39. The number of nitrogens with zero attached hydrogens (tertiary/aromatic N) is 4. The minimum atomic E-state index is -0.0572. The maximum absolute atomic E-state index is 12.8. The lowest BCUT2D eigenvalue weighted by Gasteiger charge is -2.15. The van der Waals surface area contributed by atoms with Gasteiger partial charge in [-0.05, 0) is 31.5 Å². The lowest BCUT2D eigenvalue weighted by Crippen LogP contribution is -2.28. The summed E-state index contributed by atoms with van der Waals surface area (Å²) in [5.41, 5.74) is 2.58. The van der Waals surface area contributed by atoms with Crippen molar-refractivity contribution >= 4 is 34.2 Å². The number of hydrogen-bond acceptors (Lipinski definition) is 5. The molecule has 0 bridgehead atoms. The molecule has 28 heavy (non-hydrogen) atoms. The molecule has 4 heterocycles. The van der Waals surface area contributed by atoms with Gasteiger partial charge >= 0.3 is 0 Å². The fourth-order valence-corrected chi connectivity index (χ4v) is 4.41. The Balaban J connectivity index is 1.54. The Bertz CT molecular complexity index is 1020. The second kappa shape index (κ2) is 7.71. The summed E-state index contributed by atoms with van der Waals surface area (Å²) >= 11 is 1.60. The lowest BCUT2D eigenvalue weighted by atomic mass is 10.0. The van der Waals surface area contributed by atoms with Crippen LogP contribution in [-0.4, -0.2) is 51.1 Å². The first-order valence-corrected chi connectivity index (χ1v) is 10.3. The van der Waals surface area contributed by atoms with Gasteiger partial charge in [-0.2, -0.15) is 5.10 Å². The van der Waals surface area contributed by atoms with Gasteiger partial charge in [0.15, 0.2) is 5.65 Å². The molecule has 3 aromatic heterocycles. The molecular weight excluding hydrogens is 374 g/mol. The van der Waals surface area contributed by atoms with E-state index in [1.165, 1.54) is 6.92 Å². The van der Waals surface area contributed by atoms with Crippen LogP contribution in [0.4, 0.5) is 0 Å². The highest BCUT2D eigenvalue weighted by Crippen LogP contribution is 2.32.